The highest BCUT2D eigenvalue weighted by molar-refractivity contribution is 5.94. The number of rotatable bonds is 6. The van der Waals surface area contributed by atoms with Crippen LogP contribution in [0.2, 0.25) is 0 Å². The number of fused-ring (bicyclic) bond motifs is 1. The minimum absolute atomic E-state index is 0.0171. The molecule has 0 bridgehead atoms. The molecular formula is C19H24N2O5. The number of hydrogen-bond acceptors (Lipinski definition) is 6. The summed E-state index contributed by atoms with van der Waals surface area (Å²) in [6.45, 7) is 3.42. The quantitative estimate of drug-likeness (QED) is 0.755. The predicted molar refractivity (Wildman–Crippen MR) is 94.3 cm³/mol. The summed E-state index contributed by atoms with van der Waals surface area (Å²) in [5.74, 6) is 0.777. The Labute approximate surface area is 152 Å². The molecule has 0 radical (unpaired) electrons. The molecule has 7 heteroatoms. The average molecular weight is 360 g/mol. The van der Waals surface area contributed by atoms with Crippen molar-refractivity contribution in [2.24, 2.45) is 5.92 Å². The van der Waals surface area contributed by atoms with Crippen LogP contribution >= 0.6 is 0 Å². The van der Waals surface area contributed by atoms with Crippen molar-refractivity contribution >= 4 is 17.6 Å². The topological polar surface area (TPSA) is 85.9 Å². The number of hydrogen-bond donors (Lipinski definition) is 2. The van der Waals surface area contributed by atoms with Gasteiger partial charge in [-0.2, -0.15) is 0 Å². The Morgan fingerprint density at radius 1 is 1.12 bits per heavy atom. The monoisotopic (exact) mass is 360 g/mol. The van der Waals surface area contributed by atoms with Gasteiger partial charge in [-0.1, -0.05) is 0 Å². The maximum absolute atomic E-state index is 12.2. The molecule has 3 aliphatic rings. The van der Waals surface area contributed by atoms with Crippen molar-refractivity contribution < 1.29 is 23.8 Å². The zero-order valence-corrected chi connectivity index (χ0v) is 14.8. The molecule has 1 aromatic carbocycles. The van der Waals surface area contributed by atoms with Crippen molar-refractivity contribution in [3.05, 3.63) is 29.8 Å². The van der Waals surface area contributed by atoms with E-state index in [1.807, 2.05) is 0 Å². The van der Waals surface area contributed by atoms with E-state index in [1.54, 1.807) is 24.3 Å². The molecule has 0 aromatic heterocycles. The maximum atomic E-state index is 12.2. The van der Waals surface area contributed by atoms with E-state index in [1.165, 1.54) is 19.8 Å². The van der Waals surface area contributed by atoms with Gasteiger partial charge in [-0.15, -0.1) is 0 Å². The van der Waals surface area contributed by atoms with E-state index in [4.69, 9.17) is 14.2 Å². The van der Waals surface area contributed by atoms with Crippen LogP contribution < -0.4 is 10.6 Å². The number of Topliss-reactive ketones (excluding diaryl/α,β-unsaturated/α-hetero) is 1. The summed E-state index contributed by atoms with van der Waals surface area (Å²) < 4.78 is 17.1. The Morgan fingerprint density at radius 3 is 2.54 bits per heavy atom. The summed E-state index contributed by atoms with van der Waals surface area (Å²) in [6, 6.07) is 6.86. The molecule has 1 aromatic rings. The number of carbonyl (C=O) groups is 2. The van der Waals surface area contributed by atoms with Gasteiger partial charge < -0.3 is 19.5 Å². The lowest BCUT2D eigenvalue weighted by atomic mass is 10.1. The molecule has 0 unspecified atom stereocenters. The van der Waals surface area contributed by atoms with E-state index >= 15 is 0 Å². The van der Waals surface area contributed by atoms with E-state index in [-0.39, 0.29) is 24.0 Å². The van der Waals surface area contributed by atoms with Crippen molar-refractivity contribution in [1.29, 1.82) is 0 Å². The number of benzene rings is 1. The molecule has 2 saturated heterocycles. The van der Waals surface area contributed by atoms with E-state index < -0.39 is 12.2 Å². The van der Waals surface area contributed by atoms with Crippen molar-refractivity contribution in [3.63, 3.8) is 0 Å². The summed E-state index contributed by atoms with van der Waals surface area (Å²) in [6.07, 6.45) is 1.35. The lowest BCUT2D eigenvalue weighted by molar-refractivity contribution is 0.00856. The summed E-state index contributed by atoms with van der Waals surface area (Å²) in [7, 11) is 0. The number of ether oxygens (including phenoxy) is 3. The molecule has 1 aliphatic carbocycles. The van der Waals surface area contributed by atoms with Crippen LogP contribution in [0.4, 0.5) is 10.5 Å². The minimum atomic E-state index is -0.548. The van der Waals surface area contributed by atoms with Crippen LogP contribution in [0.1, 0.15) is 30.1 Å². The molecule has 0 spiro atoms. The number of amides is 1. The first-order chi connectivity index (χ1) is 12.6. The summed E-state index contributed by atoms with van der Waals surface area (Å²) in [5, 5.41) is 6.18. The largest absolute Gasteiger partial charge is 0.441 e. The Morgan fingerprint density at radius 2 is 1.85 bits per heavy atom. The van der Waals surface area contributed by atoms with Gasteiger partial charge >= 0.3 is 6.09 Å². The van der Waals surface area contributed by atoms with Crippen LogP contribution in [-0.4, -0.2) is 56.0 Å². The third kappa shape index (κ3) is 3.90. The first kappa shape index (κ1) is 17.5. The second-order valence-corrected chi connectivity index (χ2v) is 7.26. The second-order valence-electron chi connectivity index (χ2n) is 7.26. The second kappa shape index (κ2) is 7.34. The van der Waals surface area contributed by atoms with Crippen LogP contribution in [-0.2, 0) is 14.2 Å². The van der Waals surface area contributed by atoms with Crippen LogP contribution in [0.25, 0.3) is 0 Å². The highest BCUT2D eigenvalue weighted by Gasteiger charge is 2.49. The first-order valence-electron chi connectivity index (χ1n) is 9.15. The summed E-state index contributed by atoms with van der Waals surface area (Å²) in [5.41, 5.74) is 1.17. The smallest absolute Gasteiger partial charge is 0.412 e. The maximum Gasteiger partial charge on any atom is 0.412 e. The van der Waals surface area contributed by atoms with Gasteiger partial charge in [-0.05, 0) is 56.5 Å². The Bertz CT molecular complexity index is 673. The minimum Gasteiger partial charge on any atom is -0.441 e. The number of nitrogens with one attached hydrogen (secondary N) is 2. The van der Waals surface area contributed by atoms with Gasteiger partial charge in [0.2, 0.25) is 0 Å². The van der Waals surface area contributed by atoms with Crippen LogP contribution in [0, 0.1) is 5.92 Å². The first-order valence-corrected chi connectivity index (χ1v) is 9.15. The molecule has 4 atom stereocenters. The third-order valence-corrected chi connectivity index (χ3v) is 5.17. The van der Waals surface area contributed by atoms with Crippen LogP contribution in [0.3, 0.4) is 0 Å². The van der Waals surface area contributed by atoms with Crippen molar-refractivity contribution in [1.82, 2.24) is 5.32 Å². The van der Waals surface area contributed by atoms with Crippen molar-refractivity contribution in [3.8, 4) is 0 Å². The van der Waals surface area contributed by atoms with Gasteiger partial charge in [0.15, 0.2) is 11.9 Å². The fraction of sp³-hybridized carbons (Fsp3) is 0.579. The summed E-state index contributed by atoms with van der Waals surface area (Å²) in [4.78, 5) is 23.4. The number of carbonyl (C=O) groups excluding carboxylic acids is 2. The van der Waals surface area contributed by atoms with Crippen molar-refractivity contribution in [2.75, 3.05) is 25.1 Å². The zero-order valence-electron chi connectivity index (χ0n) is 14.8. The molecule has 4 rings (SSSR count). The van der Waals surface area contributed by atoms with Crippen LogP contribution in [0.15, 0.2) is 24.3 Å². The average Bonchev–Trinajstić information content (AvgIpc) is 3.24. The Hall–Kier alpha value is -1.96. The van der Waals surface area contributed by atoms with E-state index in [9.17, 15) is 9.59 Å². The van der Waals surface area contributed by atoms with Crippen molar-refractivity contribution in [2.45, 2.75) is 44.1 Å². The lowest BCUT2D eigenvalue weighted by Crippen LogP contribution is -2.42. The molecule has 140 valence electrons. The van der Waals surface area contributed by atoms with Gasteiger partial charge in [0, 0.05) is 11.3 Å². The number of ketones is 1. The lowest BCUT2D eigenvalue weighted by Gasteiger charge is -2.18. The predicted octanol–water partition coefficient (Wildman–Crippen LogP) is 1.97. The third-order valence-electron chi connectivity index (χ3n) is 5.17. The SMILES string of the molecule is CC(=O)c1ccc(NC(=O)O[C@@H]2CO[C@H]3[C@@H]2OC[C@@H]3NCC2CC2)cc1. The molecular weight excluding hydrogens is 336 g/mol. The zero-order chi connectivity index (χ0) is 18.1. The molecule has 7 nitrogen and oxygen atoms in total. The fourth-order valence-electron chi connectivity index (χ4n) is 3.45. The van der Waals surface area contributed by atoms with E-state index in [2.05, 4.69) is 10.6 Å². The normalized spacial score (nSPS) is 30.0. The van der Waals surface area contributed by atoms with Crippen LogP contribution in [0.5, 0.6) is 0 Å². The Kier molecular flexibility index (Phi) is 4.93. The Balaban J connectivity index is 1.27. The number of anilines is 1. The van der Waals surface area contributed by atoms with Gasteiger partial charge in [0.1, 0.15) is 12.2 Å². The molecule has 2 aliphatic heterocycles. The standard InChI is InChI=1S/C19H24N2O5/c1-11(22)13-4-6-14(7-5-13)21-19(23)26-16-10-25-17-15(9-24-18(16)17)20-8-12-2-3-12/h4-7,12,15-18,20H,2-3,8-10H2,1H3,(H,21,23)/t15-,16+,17+,18+/m0/s1. The summed E-state index contributed by atoms with van der Waals surface area (Å²) >= 11 is 0. The van der Waals surface area contributed by atoms with E-state index in [0.717, 1.165) is 12.5 Å². The fourth-order valence-corrected chi connectivity index (χ4v) is 3.45. The van der Waals surface area contributed by atoms with Gasteiger partial charge in [0.05, 0.1) is 19.3 Å². The van der Waals surface area contributed by atoms with Gasteiger partial charge in [-0.25, -0.2) is 4.79 Å². The molecule has 2 N–H and O–H groups in total. The highest BCUT2D eigenvalue weighted by Crippen LogP contribution is 2.31. The van der Waals surface area contributed by atoms with E-state index in [0.29, 0.717) is 24.5 Å². The molecule has 3 fully saturated rings. The molecule has 1 saturated carbocycles. The molecule has 26 heavy (non-hydrogen) atoms. The molecule has 2 heterocycles. The highest BCUT2D eigenvalue weighted by atomic mass is 16.6. The van der Waals surface area contributed by atoms with Gasteiger partial charge in [0.25, 0.3) is 0 Å². The molecule has 1 amide bonds. The van der Waals surface area contributed by atoms with Gasteiger partial charge in [-0.3, -0.25) is 10.1 Å².